The van der Waals surface area contributed by atoms with Crippen molar-refractivity contribution in [1.29, 1.82) is 0 Å². The molecule has 0 aromatic heterocycles. The van der Waals surface area contributed by atoms with Crippen molar-refractivity contribution in [2.75, 3.05) is 19.0 Å². The summed E-state index contributed by atoms with van der Waals surface area (Å²) < 4.78 is 11.8. The van der Waals surface area contributed by atoms with Crippen LogP contribution in [0.15, 0.2) is 69.0 Å². The minimum atomic E-state index is -0.307. The molecule has 1 aliphatic heterocycles. The van der Waals surface area contributed by atoms with Gasteiger partial charge in [-0.1, -0.05) is 62.9 Å². The zero-order valence-corrected chi connectivity index (χ0v) is 23.5. The maximum absolute atomic E-state index is 12.6. The lowest BCUT2D eigenvalue weighted by molar-refractivity contribution is -0.118. The maximum atomic E-state index is 12.6. The van der Waals surface area contributed by atoms with Crippen molar-refractivity contribution in [1.82, 2.24) is 5.32 Å². The summed E-state index contributed by atoms with van der Waals surface area (Å²) in [6, 6.07) is 16.0. The van der Waals surface area contributed by atoms with Crippen LogP contribution in [0.3, 0.4) is 0 Å². The number of methoxy groups -OCH3 is 1. The summed E-state index contributed by atoms with van der Waals surface area (Å²) in [5.74, 6) is 0.165. The van der Waals surface area contributed by atoms with E-state index in [0.29, 0.717) is 53.0 Å². The fourth-order valence-electron chi connectivity index (χ4n) is 3.22. The van der Waals surface area contributed by atoms with E-state index in [1.807, 2.05) is 31.2 Å². The lowest BCUT2D eigenvalue weighted by atomic mass is 10.2. The third-order valence-corrected chi connectivity index (χ3v) is 7.47. The number of carbonyl (C=O) groups excluding carboxylic acids is 2. The molecule has 0 spiro atoms. The molecule has 2 N–H and O–H groups in total. The minimum absolute atomic E-state index is 0.207. The van der Waals surface area contributed by atoms with Gasteiger partial charge in [0.2, 0.25) is 0 Å². The van der Waals surface area contributed by atoms with Gasteiger partial charge in [0.05, 0.1) is 27.7 Å². The Morgan fingerprint density at radius 3 is 2.65 bits per heavy atom. The molecule has 7 nitrogen and oxygen atoms in total. The summed E-state index contributed by atoms with van der Waals surface area (Å²) in [6.07, 6.45) is 1.70. The fraction of sp³-hybridized carbons (Fsp3) is 0.115. The molecule has 0 saturated carbocycles. The quantitative estimate of drug-likeness (QED) is 0.278. The average Bonchev–Trinajstić information content (AvgIpc) is 3.21. The molecule has 11 heteroatoms. The number of anilines is 1. The molecule has 2 amide bonds. The highest BCUT2D eigenvalue weighted by Crippen LogP contribution is 2.38. The van der Waals surface area contributed by atoms with Crippen LogP contribution in [0.4, 0.5) is 11.4 Å². The van der Waals surface area contributed by atoms with Crippen molar-refractivity contribution < 1.29 is 19.1 Å². The summed E-state index contributed by atoms with van der Waals surface area (Å²) in [5.41, 5.74) is 2.91. The van der Waals surface area contributed by atoms with Gasteiger partial charge < -0.3 is 20.1 Å². The number of aliphatic imine (C=N–C) groups is 1. The number of halogens is 3. The van der Waals surface area contributed by atoms with Gasteiger partial charge in [-0.25, -0.2) is 4.99 Å². The predicted molar refractivity (Wildman–Crippen MR) is 153 cm³/mol. The molecule has 4 rings (SSSR count). The zero-order chi connectivity index (χ0) is 26.5. The first-order valence-corrected chi connectivity index (χ1v) is 13.2. The lowest BCUT2D eigenvalue weighted by Crippen LogP contribution is -2.20. The van der Waals surface area contributed by atoms with Crippen molar-refractivity contribution in [3.8, 4) is 11.5 Å². The molecular weight excluding hydrogens is 601 g/mol. The van der Waals surface area contributed by atoms with E-state index in [2.05, 4.69) is 31.6 Å². The SMILES string of the molecule is COc1cc(/C=C2/SC(=Nc3cccc(Cl)c3Cl)NC2=O)c(Br)cc1OCC(=O)Nc1ccc(C)cc1. The molecule has 1 fully saturated rings. The number of thioether (sulfide) groups is 1. The van der Waals surface area contributed by atoms with Gasteiger partial charge in [0.15, 0.2) is 23.3 Å². The first-order chi connectivity index (χ1) is 17.7. The van der Waals surface area contributed by atoms with Crippen LogP contribution >= 0.6 is 50.9 Å². The van der Waals surface area contributed by atoms with Crippen LogP contribution in [0.1, 0.15) is 11.1 Å². The van der Waals surface area contributed by atoms with Gasteiger partial charge in [0, 0.05) is 10.2 Å². The number of nitrogens with one attached hydrogen (secondary N) is 2. The van der Waals surface area contributed by atoms with Crippen LogP contribution in [0.2, 0.25) is 10.0 Å². The van der Waals surface area contributed by atoms with Gasteiger partial charge in [-0.05, 0) is 66.7 Å². The van der Waals surface area contributed by atoms with Crippen molar-refractivity contribution in [2.45, 2.75) is 6.92 Å². The molecular formula is C26H20BrCl2N3O4S. The zero-order valence-electron chi connectivity index (χ0n) is 19.6. The first kappa shape index (κ1) is 27.1. The van der Waals surface area contributed by atoms with E-state index < -0.39 is 0 Å². The molecule has 0 aliphatic carbocycles. The smallest absolute Gasteiger partial charge is 0.264 e. The third kappa shape index (κ3) is 6.87. The normalized spacial score (nSPS) is 15.1. The first-order valence-electron chi connectivity index (χ1n) is 10.8. The number of carbonyl (C=O) groups is 2. The van der Waals surface area contributed by atoms with E-state index in [1.165, 1.54) is 18.9 Å². The van der Waals surface area contributed by atoms with Gasteiger partial charge in [0.1, 0.15) is 0 Å². The fourth-order valence-corrected chi connectivity index (χ4v) is 4.82. The Balaban J connectivity index is 1.48. The molecule has 1 saturated heterocycles. The summed E-state index contributed by atoms with van der Waals surface area (Å²) in [5, 5.41) is 6.56. The Hall–Kier alpha value is -2.98. The maximum Gasteiger partial charge on any atom is 0.264 e. The van der Waals surface area contributed by atoms with Crippen LogP contribution in [0, 0.1) is 6.92 Å². The van der Waals surface area contributed by atoms with Crippen LogP contribution in [-0.4, -0.2) is 30.7 Å². The van der Waals surface area contributed by atoms with E-state index in [-0.39, 0.29) is 18.4 Å². The summed E-state index contributed by atoms with van der Waals surface area (Å²) in [6.45, 7) is 1.77. The van der Waals surface area contributed by atoms with Crippen LogP contribution in [0.25, 0.3) is 6.08 Å². The predicted octanol–water partition coefficient (Wildman–Crippen LogP) is 6.98. The average molecular weight is 621 g/mol. The van der Waals surface area contributed by atoms with Crippen molar-refractivity contribution in [2.24, 2.45) is 4.99 Å². The summed E-state index contributed by atoms with van der Waals surface area (Å²) in [4.78, 5) is 29.7. The number of hydrogen-bond acceptors (Lipinski definition) is 6. The Kier molecular flexibility index (Phi) is 8.81. The second-order valence-corrected chi connectivity index (χ2v) is 10.5. The molecule has 3 aromatic carbocycles. The number of nitrogens with zero attached hydrogens (tertiary/aromatic N) is 1. The molecule has 0 bridgehead atoms. The third-order valence-electron chi connectivity index (χ3n) is 5.07. The van der Waals surface area contributed by atoms with Gasteiger partial charge in [-0.3, -0.25) is 9.59 Å². The second kappa shape index (κ2) is 12.0. The highest BCUT2D eigenvalue weighted by Gasteiger charge is 2.25. The summed E-state index contributed by atoms with van der Waals surface area (Å²) in [7, 11) is 1.50. The highest BCUT2D eigenvalue weighted by atomic mass is 79.9. The standard InChI is InChI=1S/C26H20BrCl2N3O4S/c1-14-6-8-16(9-7-14)30-23(33)13-36-21-12-17(27)15(10-20(21)35-2)11-22-25(34)32-26(37-22)31-19-5-3-4-18(28)24(19)29/h3-12H,13H2,1-2H3,(H,30,33)(H,31,32,34)/b22-11+. The Morgan fingerprint density at radius 1 is 1.16 bits per heavy atom. The van der Waals surface area contributed by atoms with E-state index >= 15 is 0 Å². The molecule has 190 valence electrons. The molecule has 3 aromatic rings. The number of aryl methyl sites for hydroxylation is 1. The topological polar surface area (TPSA) is 89.0 Å². The molecule has 1 heterocycles. The molecule has 0 unspecified atom stereocenters. The Bertz CT molecular complexity index is 1430. The number of amides is 2. The Morgan fingerprint density at radius 2 is 1.92 bits per heavy atom. The van der Waals surface area contributed by atoms with Gasteiger partial charge >= 0.3 is 0 Å². The number of amidine groups is 1. The largest absolute Gasteiger partial charge is 0.493 e. The summed E-state index contributed by atoms with van der Waals surface area (Å²) >= 11 is 16.9. The van der Waals surface area contributed by atoms with Crippen LogP contribution in [-0.2, 0) is 9.59 Å². The van der Waals surface area contributed by atoms with Crippen molar-refractivity contribution in [3.05, 3.63) is 85.1 Å². The number of benzene rings is 3. The van der Waals surface area contributed by atoms with Crippen LogP contribution < -0.4 is 20.1 Å². The number of hydrogen-bond donors (Lipinski definition) is 2. The van der Waals surface area contributed by atoms with Crippen molar-refractivity contribution in [3.63, 3.8) is 0 Å². The van der Waals surface area contributed by atoms with E-state index in [9.17, 15) is 9.59 Å². The number of rotatable bonds is 7. The molecule has 37 heavy (non-hydrogen) atoms. The minimum Gasteiger partial charge on any atom is -0.493 e. The van der Waals surface area contributed by atoms with Gasteiger partial charge in [-0.2, -0.15) is 0 Å². The lowest BCUT2D eigenvalue weighted by Gasteiger charge is -2.13. The highest BCUT2D eigenvalue weighted by molar-refractivity contribution is 9.10. The van der Waals surface area contributed by atoms with E-state index in [0.717, 1.165) is 5.56 Å². The Labute approximate surface area is 236 Å². The van der Waals surface area contributed by atoms with Crippen molar-refractivity contribution >= 4 is 85.3 Å². The van der Waals surface area contributed by atoms with Crippen LogP contribution in [0.5, 0.6) is 11.5 Å². The van der Waals surface area contributed by atoms with E-state index in [4.69, 9.17) is 32.7 Å². The molecule has 0 radical (unpaired) electrons. The van der Waals surface area contributed by atoms with Gasteiger partial charge in [-0.15, -0.1) is 0 Å². The molecule has 1 aliphatic rings. The second-order valence-electron chi connectivity index (χ2n) is 7.78. The molecule has 0 atom stereocenters. The number of ether oxygens (including phenoxy) is 2. The van der Waals surface area contributed by atoms with Gasteiger partial charge in [0.25, 0.3) is 11.8 Å². The monoisotopic (exact) mass is 619 g/mol. The van der Waals surface area contributed by atoms with E-state index in [1.54, 1.807) is 36.4 Å².